The summed E-state index contributed by atoms with van der Waals surface area (Å²) in [6, 6.07) is 8.63. The summed E-state index contributed by atoms with van der Waals surface area (Å²) in [6.45, 7) is 0.110. The van der Waals surface area contributed by atoms with Gasteiger partial charge in [-0.05, 0) is 17.5 Å². The second kappa shape index (κ2) is 4.80. The molecule has 0 spiro atoms. The van der Waals surface area contributed by atoms with Crippen molar-refractivity contribution in [3.8, 4) is 5.75 Å². The quantitative estimate of drug-likeness (QED) is 0.800. The largest absolute Gasteiger partial charge is 0.467 e. The standard InChI is InChI=1S/C12H10BrFO2/c1-15-7-16-9-5-8-3-2-4-10(13)12(8)11(14)6-9/h2-6H,7H2,1H3. The zero-order valence-corrected chi connectivity index (χ0v) is 10.3. The van der Waals surface area contributed by atoms with E-state index in [0.717, 1.165) is 9.86 Å². The molecule has 2 aromatic rings. The first-order chi connectivity index (χ1) is 7.72. The highest BCUT2D eigenvalue weighted by Crippen LogP contribution is 2.30. The summed E-state index contributed by atoms with van der Waals surface area (Å²) < 4.78 is 24.5. The fraction of sp³-hybridized carbons (Fsp3) is 0.167. The van der Waals surface area contributed by atoms with Crippen LogP contribution in [0.3, 0.4) is 0 Å². The van der Waals surface area contributed by atoms with E-state index in [1.54, 1.807) is 12.1 Å². The van der Waals surface area contributed by atoms with Crippen LogP contribution in [0.4, 0.5) is 4.39 Å². The molecule has 4 heteroatoms. The molecule has 0 amide bonds. The monoisotopic (exact) mass is 284 g/mol. The highest BCUT2D eigenvalue weighted by atomic mass is 79.9. The van der Waals surface area contributed by atoms with E-state index in [2.05, 4.69) is 15.9 Å². The minimum absolute atomic E-state index is 0.110. The number of ether oxygens (including phenoxy) is 2. The van der Waals surface area contributed by atoms with Gasteiger partial charge in [0.15, 0.2) is 6.79 Å². The molecule has 84 valence electrons. The minimum atomic E-state index is -0.309. The van der Waals surface area contributed by atoms with E-state index in [9.17, 15) is 4.39 Å². The van der Waals surface area contributed by atoms with Crippen molar-refractivity contribution in [1.82, 2.24) is 0 Å². The predicted octanol–water partition coefficient (Wildman–Crippen LogP) is 3.72. The Bertz CT molecular complexity index is 514. The van der Waals surface area contributed by atoms with Crippen molar-refractivity contribution in [2.24, 2.45) is 0 Å². The third-order valence-corrected chi connectivity index (χ3v) is 2.86. The van der Waals surface area contributed by atoms with Gasteiger partial charge in [-0.2, -0.15) is 0 Å². The highest BCUT2D eigenvalue weighted by molar-refractivity contribution is 9.10. The Morgan fingerprint density at radius 1 is 1.31 bits per heavy atom. The van der Waals surface area contributed by atoms with Gasteiger partial charge in [-0.3, -0.25) is 0 Å². The van der Waals surface area contributed by atoms with E-state index in [4.69, 9.17) is 9.47 Å². The molecule has 0 aromatic heterocycles. The lowest BCUT2D eigenvalue weighted by molar-refractivity contribution is 0.0510. The van der Waals surface area contributed by atoms with Crippen LogP contribution in [-0.4, -0.2) is 13.9 Å². The Morgan fingerprint density at radius 2 is 2.12 bits per heavy atom. The molecule has 0 aliphatic carbocycles. The zero-order valence-electron chi connectivity index (χ0n) is 8.67. The molecule has 0 fully saturated rings. The SMILES string of the molecule is COCOc1cc(F)c2c(Br)cccc2c1. The van der Waals surface area contributed by atoms with Gasteiger partial charge in [-0.25, -0.2) is 4.39 Å². The van der Waals surface area contributed by atoms with Gasteiger partial charge in [0.1, 0.15) is 11.6 Å². The van der Waals surface area contributed by atoms with Gasteiger partial charge in [-0.1, -0.05) is 28.1 Å². The molecule has 16 heavy (non-hydrogen) atoms. The van der Waals surface area contributed by atoms with Crippen LogP contribution in [0.2, 0.25) is 0 Å². The van der Waals surface area contributed by atoms with Gasteiger partial charge in [0.2, 0.25) is 0 Å². The number of fused-ring (bicyclic) bond motifs is 1. The van der Waals surface area contributed by atoms with Crippen LogP contribution in [0.15, 0.2) is 34.8 Å². The van der Waals surface area contributed by atoms with Crippen LogP contribution in [0, 0.1) is 5.82 Å². The van der Waals surface area contributed by atoms with Crippen molar-refractivity contribution < 1.29 is 13.9 Å². The maximum absolute atomic E-state index is 13.8. The van der Waals surface area contributed by atoms with Gasteiger partial charge < -0.3 is 9.47 Å². The lowest BCUT2D eigenvalue weighted by atomic mass is 10.1. The first-order valence-electron chi connectivity index (χ1n) is 4.72. The second-order valence-corrected chi connectivity index (χ2v) is 4.15. The summed E-state index contributed by atoms with van der Waals surface area (Å²) in [5.41, 5.74) is 0. The molecule has 2 nitrogen and oxygen atoms in total. The smallest absolute Gasteiger partial charge is 0.188 e. The third-order valence-electron chi connectivity index (χ3n) is 2.19. The summed E-state index contributed by atoms with van der Waals surface area (Å²) in [6.07, 6.45) is 0. The zero-order chi connectivity index (χ0) is 11.5. The Balaban J connectivity index is 2.51. The number of hydrogen-bond donors (Lipinski definition) is 0. The van der Waals surface area contributed by atoms with E-state index in [-0.39, 0.29) is 12.6 Å². The van der Waals surface area contributed by atoms with Crippen LogP contribution in [0.1, 0.15) is 0 Å². The highest BCUT2D eigenvalue weighted by Gasteiger charge is 2.07. The van der Waals surface area contributed by atoms with Gasteiger partial charge in [0, 0.05) is 23.0 Å². The molecular weight excluding hydrogens is 275 g/mol. The molecule has 0 N–H and O–H groups in total. The van der Waals surface area contributed by atoms with Crippen molar-refractivity contribution in [1.29, 1.82) is 0 Å². The van der Waals surface area contributed by atoms with E-state index in [1.807, 2.05) is 12.1 Å². The Hall–Kier alpha value is -1.13. The topological polar surface area (TPSA) is 18.5 Å². The minimum Gasteiger partial charge on any atom is -0.467 e. The summed E-state index contributed by atoms with van der Waals surface area (Å²) in [5.74, 6) is 0.154. The Morgan fingerprint density at radius 3 is 2.88 bits per heavy atom. The fourth-order valence-electron chi connectivity index (χ4n) is 1.52. The van der Waals surface area contributed by atoms with Crippen LogP contribution in [-0.2, 0) is 4.74 Å². The molecule has 2 aromatic carbocycles. The van der Waals surface area contributed by atoms with E-state index in [1.165, 1.54) is 13.2 Å². The molecule has 0 unspecified atom stereocenters. The van der Waals surface area contributed by atoms with Crippen molar-refractivity contribution in [2.45, 2.75) is 0 Å². The average molecular weight is 285 g/mol. The predicted molar refractivity (Wildman–Crippen MR) is 64.1 cm³/mol. The Kier molecular flexibility index (Phi) is 3.41. The van der Waals surface area contributed by atoms with Crippen molar-refractivity contribution in [2.75, 3.05) is 13.9 Å². The number of methoxy groups -OCH3 is 1. The number of rotatable bonds is 3. The van der Waals surface area contributed by atoms with Crippen LogP contribution < -0.4 is 4.74 Å². The number of halogens is 2. The van der Waals surface area contributed by atoms with Gasteiger partial charge in [0.05, 0.1) is 0 Å². The second-order valence-electron chi connectivity index (χ2n) is 3.29. The van der Waals surface area contributed by atoms with Crippen LogP contribution in [0.5, 0.6) is 5.75 Å². The van der Waals surface area contributed by atoms with Gasteiger partial charge in [-0.15, -0.1) is 0 Å². The molecule has 0 heterocycles. The molecule has 0 aliphatic rings. The van der Waals surface area contributed by atoms with Crippen molar-refractivity contribution >= 4 is 26.7 Å². The van der Waals surface area contributed by atoms with Gasteiger partial charge in [0.25, 0.3) is 0 Å². The molecule has 0 bridgehead atoms. The summed E-state index contributed by atoms with van der Waals surface area (Å²) >= 11 is 3.32. The van der Waals surface area contributed by atoms with Gasteiger partial charge >= 0.3 is 0 Å². The van der Waals surface area contributed by atoms with Crippen LogP contribution in [0.25, 0.3) is 10.8 Å². The summed E-state index contributed by atoms with van der Waals surface area (Å²) in [7, 11) is 1.52. The van der Waals surface area contributed by atoms with Crippen molar-refractivity contribution in [3.05, 3.63) is 40.6 Å². The first-order valence-corrected chi connectivity index (χ1v) is 5.51. The first kappa shape index (κ1) is 11.4. The maximum atomic E-state index is 13.8. The number of benzene rings is 2. The molecule has 0 saturated heterocycles. The fourth-order valence-corrected chi connectivity index (χ4v) is 2.09. The summed E-state index contributed by atoms with van der Waals surface area (Å²) in [5, 5.41) is 1.35. The number of hydrogen-bond acceptors (Lipinski definition) is 2. The van der Waals surface area contributed by atoms with E-state index < -0.39 is 0 Å². The van der Waals surface area contributed by atoms with E-state index >= 15 is 0 Å². The lowest BCUT2D eigenvalue weighted by Gasteiger charge is -2.08. The maximum Gasteiger partial charge on any atom is 0.188 e. The molecule has 0 atom stereocenters. The molecule has 0 saturated carbocycles. The molecule has 0 aliphatic heterocycles. The lowest BCUT2D eigenvalue weighted by Crippen LogP contribution is -1.99. The molecular formula is C12H10BrFO2. The Labute approximate surface area is 101 Å². The van der Waals surface area contributed by atoms with Crippen molar-refractivity contribution in [3.63, 3.8) is 0 Å². The van der Waals surface area contributed by atoms with Crippen LogP contribution >= 0.6 is 15.9 Å². The summed E-state index contributed by atoms with van der Waals surface area (Å²) in [4.78, 5) is 0. The van der Waals surface area contributed by atoms with E-state index in [0.29, 0.717) is 11.1 Å². The normalized spacial score (nSPS) is 10.7. The third kappa shape index (κ3) is 2.18. The average Bonchev–Trinajstić information content (AvgIpc) is 2.26. The molecule has 2 rings (SSSR count). The molecule has 0 radical (unpaired) electrons.